The Kier molecular flexibility index (Phi) is 3.64. The molecule has 0 unspecified atom stereocenters. The summed E-state index contributed by atoms with van der Waals surface area (Å²) in [6.07, 6.45) is 5.45. The first-order valence-electron chi connectivity index (χ1n) is 7.18. The number of nitrogens with zero attached hydrogens (tertiary/aromatic N) is 3. The van der Waals surface area contributed by atoms with Gasteiger partial charge in [0, 0.05) is 18.9 Å². The standard InChI is InChI=1S/C16H19N3O2/c1-12(19-11-5-9-17-19)16(20)18-10-4-7-13-6-3-8-14(21-2)15(13)18/h3,5-6,8-9,11-12H,4,7,10H2,1-2H3/t12-/m1/s1. The molecular formula is C16H19N3O2. The third kappa shape index (κ3) is 2.39. The van der Waals surface area contributed by atoms with Gasteiger partial charge in [-0.2, -0.15) is 5.10 Å². The second-order valence-corrected chi connectivity index (χ2v) is 5.22. The molecule has 0 saturated carbocycles. The van der Waals surface area contributed by atoms with E-state index in [-0.39, 0.29) is 11.9 Å². The molecular weight excluding hydrogens is 266 g/mol. The molecule has 1 amide bonds. The summed E-state index contributed by atoms with van der Waals surface area (Å²) in [5.74, 6) is 0.803. The van der Waals surface area contributed by atoms with Crippen LogP contribution in [0.1, 0.15) is 24.9 Å². The summed E-state index contributed by atoms with van der Waals surface area (Å²) in [5.41, 5.74) is 2.08. The van der Waals surface area contributed by atoms with Crippen LogP contribution in [0.2, 0.25) is 0 Å². The van der Waals surface area contributed by atoms with E-state index in [4.69, 9.17) is 4.74 Å². The van der Waals surface area contributed by atoms with Crippen LogP contribution in [0.3, 0.4) is 0 Å². The van der Waals surface area contributed by atoms with Gasteiger partial charge >= 0.3 is 0 Å². The number of hydrogen-bond acceptors (Lipinski definition) is 3. The molecule has 5 nitrogen and oxygen atoms in total. The highest BCUT2D eigenvalue weighted by atomic mass is 16.5. The van der Waals surface area contributed by atoms with E-state index in [0.29, 0.717) is 0 Å². The maximum Gasteiger partial charge on any atom is 0.251 e. The molecule has 0 N–H and O–H groups in total. The van der Waals surface area contributed by atoms with Crippen LogP contribution in [0.15, 0.2) is 36.7 Å². The lowest BCUT2D eigenvalue weighted by Crippen LogP contribution is -2.40. The average molecular weight is 285 g/mol. The molecule has 0 aliphatic carbocycles. The second-order valence-electron chi connectivity index (χ2n) is 5.22. The van der Waals surface area contributed by atoms with E-state index in [9.17, 15) is 4.79 Å². The molecule has 1 atom stereocenters. The highest BCUT2D eigenvalue weighted by Gasteiger charge is 2.29. The fraction of sp³-hybridized carbons (Fsp3) is 0.375. The number of carbonyl (C=O) groups is 1. The molecule has 0 spiro atoms. The van der Waals surface area contributed by atoms with E-state index in [1.807, 2.05) is 36.2 Å². The smallest absolute Gasteiger partial charge is 0.251 e. The molecule has 21 heavy (non-hydrogen) atoms. The SMILES string of the molecule is COc1cccc2c1N(C(=O)[C@@H](C)n1cccn1)CCC2. The van der Waals surface area contributed by atoms with Crippen molar-refractivity contribution in [2.75, 3.05) is 18.6 Å². The predicted octanol–water partition coefficient (Wildman–Crippen LogP) is 2.43. The van der Waals surface area contributed by atoms with E-state index >= 15 is 0 Å². The van der Waals surface area contributed by atoms with Gasteiger partial charge in [-0.25, -0.2) is 0 Å². The Bertz CT molecular complexity index is 623. The zero-order chi connectivity index (χ0) is 14.8. The molecule has 1 aliphatic rings. The van der Waals surface area contributed by atoms with E-state index < -0.39 is 0 Å². The number of amides is 1. The summed E-state index contributed by atoms with van der Waals surface area (Å²) in [6.45, 7) is 2.59. The van der Waals surface area contributed by atoms with Crippen LogP contribution >= 0.6 is 0 Å². The summed E-state index contributed by atoms with van der Waals surface area (Å²) >= 11 is 0. The number of ether oxygens (including phenoxy) is 1. The van der Waals surface area contributed by atoms with Crippen molar-refractivity contribution in [2.45, 2.75) is 25.8 Å². The van der Waals surface area contributed by atoms with Gasteiger partial charge in [0.15, 0.2) is 0 Å². The molecule has 110 valence electrons. The summed E-state index contributed by atoms with van der Waals surface area (Å²) in [5, 5.41) is 4.17. The molecule has 1 aliphatic heterocycles. The summed E-state index contributed by atoms with van der Waals surface area (Å²) in [7, 11) is 1.64. The first-order valence-corrected chi connectivity index (χ1v) is 7.18. The molecule has 2 aromatic rings. The third-order valence-corrected chi connectivity index (χ3v) is 3.95. The maximum absolute atomic E-state index is 12.8. The van der Waals surface area contributed by atoms with Crippen molar-refractivity contribution in [1.29, 1.82) is 0 Å². The quantitative estimate of drug-likeness (QED) is 0.870. The Labute approximate surface area is 124 Å². The highest BCUT2D eigenvalue weighted by Crippen LogP contribution is 2.37. The van der Waals surface area contributed by atoms with Crippen molar-refractivity contribution < 1.29 is 9.53 Å². The number of methoxy groups -OCH3 is 1. The zero-order valence-electron chi connectivity index (χ0n) is 12.3. The van der Waals surface area contributed by atoms with Gasteiger partial charge in [0.1, 0.15) is 11.8 Å². The van der Waals surface area contributed by atoms with Gasteiger partial charge in [-0.1, -0.05) is 12.1 Å². The minimum atomic E-state index is -0.323. The number of fused-ring (bicyclic) bond motifs is 1. The third-order valence-electron chi connectivity index (χ3n) is 3.95. The molecule has 0 bridgehead atoms. The largest absolute Gasteiger partial charge is 0.495 e. The van der Waals surface area contributed by atoms with Crippen molar-refractivity contribution in [3.05, 3.63) is 42.2 Å². The molecule has 3 rings (SSSR count). The van der Waals surface area contributed by atoms with Crippen LogP contribution < -0.4 is 9.64 Å². The Morgan fingerprint density at radius 1 is 1.38 bits per heavy atom. The van der Waals surface area contributed by atoms with Gasteiger partial charge in [-0.05, 0) is 37.5 Å². The van der Waals surface area contributed by atoms with Crippen molar-refractivity contribution in [2.24, 2.45) is 0 Å². The number of carbonyl (C=O) groups excluding carboxylic acids is 1. The summed E-state index contributed by atoms with van der Waals surface area (Å²) in [6, 6.07) is 7.45. The first kappa shape index (κ1) is 13.7. The van der Waals surface area contributed by atoms with E-state index in [1.165, 1.54) is 5.56 Å². The number of aromatic nitrogens is 2. The van der Waals surface area contributed by atoms with Crippen LogP contribution in [0.25, 0.3) is 0 Å². The van der Waals surface area contributed by atoms with Crippen molar-refractivity contribution in [3.63, 3.8) is 0 Å². The van der Waals surface area contributed by atoms with Crippen LogP contribution in [0.4, 0.5) is 5.69 Å². The maximum atomic E-state index is 12.8. The monoisotopic (exact) mass is 285 g/mol. The van der Waals surface area contributed by atoms with Gasteiger partial charge in [-0.3, -0.25) is 9.48 Å². The van der Waals surface area contributed by atoms with Gasteiger partial charge < -0.3 is 9.64 Å². The lowest BCUT2D eigenvalue weighted by Gasteiger charge is -2.32. The first-order chi connectivity index (χ1) is 10.2. The Balaban J connectivity index is 1.96. The summed E-state index contributed by atoms with van der Waals surface area (Å²) < 4.78 is 7.13. The minimum absolute atomic E-state index is 0.0455. The van der Waals surface area contributed by atoms with E-state index in [0.717, 1.165) is 30.8 Å². The molecule has 0 saturated heterocycles. The molecule has 1 aromatic heterocycles. The molecule has 1 aromatic carbocycles. The fourth-order valence-corrected chi connectivity index (χ4v) is 2.85. The molecule has 2 heterocycles. The zero-order valence-corrected chi connectivity index (χ0v) is 12.3. The lowest BCUT2D eigenvalue weighted by molar-refractivity contribution is -0.121. The fourth-order valence-electron chi connectivity index (χ4n) is 2.85. The minimum Gasteiger partial charge on any atom is -0.495 e. The van der Waals surface area contributed by atoms with E-state index in [2.05, 4.69) is 11.2 Å². The number of aryl methyl sites for hydroxylation is 1. The van der Waals surface area contributed by atoms with Gasteiger partial charge in [-0.15, -0.1) is 0 Å². The van der Waals surface area contributed by atoms with Crippen molar-refractivity contribution in [3.8, 4) is 5.75 Å². The summed E-state index contributed by atoms with van der Waals surface area (Å²) in [4.78, 5) is 14.7. The van der Waals surface area contributed by atoms with Crippen LogP contribution in [0, 0.1) is 0 Å². The van der Waals surface area contributed by atoms with Crippen molar-refractivity contribution >= 4 is 11.6 Å². The normalized spacial score (nSPS) is 15.4. The number of rotatable bonds is 3. The topological polar surface area (TPSA) is 47.4 Å². The number of hydrogen-bond donors (Lipinski definition) is 0. The number of benzene rings is 1. The number of para-hydroxylation sites is 1. The lowest BCUT2D eigenvalue weighted by atomic mass is 10.00. The average Bonchev–Trinajstić information content (AvgIpc) is 3.06. The molecule has 5 heteroatoms. The van der Waals surface area contributed by atoms with Gasteiger partial charge in [0.05, 0.1) is 12.8 Å². The van der Waals surface area contributed by atoms with Crippen LogP contribution in [-0.2, 0) is 11.2 Å². The van der Waals surface area contributed by atoms with Crippen LogP contribution in [0.5, 0.6) is 5.75 Å². The Morgan fingerprint density at radius 2 is 2.24 bits per heavy atom. The number of anilines is 1. The Hall–Kier alpha value is -2.30. The van der Waals surface area contributed by atoms with Crippen LogP contribution in [-0.4, -0.2) is 29.3 Å². The van der Waals surface area contributed by atoms with Gasteiger partial charge in [0.2, 0.25) is 0 Å². The van der Waals surface area contributed by atoms with Crippen molar-refractivity contribution in [1.82, 2.24) is 9.78 Å². The molecule has 0 fully saturated rings. The second kappa shape index (κ2) is 5.60. The Morgan fingerprint density at radius 3 is 2.95 bits per heavy atom. The molecule has 0 radical (unpaired) electrons. The van der Waals surface area contributed by atoms with E-state index in [1.54, 1.807) is 18.0 Å². The predicted molar refractivity (Wildman–Crippen MR) is 80.6 cm³/mol. The van der Waals surface area contributed by atoms with Gasteiger partial charge in [0.25, 0.3) is 5.91 Å². The highest BCUT2D eigenvalue weighted by molar-refractivity contribution is 5.98.